The first kappa shape index (κ1) is 59.9. The Bertz CT molecular complexity index is 1720. The molecule has 0 radical (unpaired) electrons. The van der Waals surface area contributed by atoms with E-state index >= 15 is 0 Å². The van der Waals surface area contributed by atoms with Gasteiger partial charge in [0.1, 0.15) is 18.7 Å². The molecule has 7 atom stereocenters. The van der Waals surface area contributed by atoms with Crippen molar-refractivity contribution in [1.29, 1.82) is 0 Å². The van der Waals surface area contributed by atoms with Gasteiger partial charge < -0.3 is 53.8 Å². The van der Waals surface area contributed by atoms with Gasteiger partial charge in [0.25, 0.3) is 0 Å². The van der Waals surface area contributed by atoms with Crippen molar-refractivity contribution in [1.82, 2.24) is 26.2 Å². The minimum atomic E-state index is -0.977. The van der Waals surface area contributed by atoms with Gasteiger partial charge >= 0.3 is 0 Å². The maximum Gasteiger partial charge on any atom is 0.245 e. The molecule has 1 aliphatic rings. The SMILES string of the molecule is CC[C@H](CCCN=C(N)N)C(=O)N[C@H](CCCN=C(N)N)C(=O)N1CCC[C@H]1C(=O)N[C@@H](CC(C)C)C(=O)CC(C)C(=O)N[C@@H](CSC)C(=O)C[C@@H](C)C(=O)NCC(=O)CCCOCC(C)=O. The summed E-state index contributed by atoms with van der Waals surface area (Å²) in [7, 11) is 0. The first-order chi connectivity index (χ1) is 31.6. The van der Waals surface area contributed by atoms with Gasteiger partial charge in [0.2, 0.25) is 29.5 Å². The molecule has 0 aromatic rings. The fraction of sp³-hybridized carbons (Fsp3) is 0.756. The number of nitrogens with one attached hydrogen (secondary N) is 4. The number of carbonyl (C=O) groups is 9. The zero-order chi connectivity index (χ0) is 50.6. The van der Waals surface area contributed by atoms with Crippen LogP contribution >= 0.6 is 11.8 Å². The summed E-state index contributed by atoms with van der Waals surface area (Å²) in [6.45, 7) is 11.0. The molecular formula is C45H79N11O10S. The lowest BCUT2D eigenvalue weighted by atomic mass is 9.93. The Kier molecular flexibility index (Phi) is 29.1. The lowest BCUT2D eigenvalue weighted by Crippen LogP contribution is -2.56. The molecule has 1 rings (SSSR count). The smallest absolute Gasteiger partial charge is 0.245 e. The number of guanidine groups is 2. The molecule has 1 heterocycles. The molecule has 1 saturated heterocycles. The predicted molar refractivity (Wildman–Crippen MR) is 258 cm³/mol. The van der Waals surface area contributed by atoms with E-state index in [4.69, 9.17) is 27.7 Å². The van der Waals surface area contributed by atoms with Crippen LogP contribution in [0.1, 0.15) is 119 Å². The number of carbonyl (C=O) groups excluding carboxylic acids is 9. The quantitative estimate of drug-likeness (QED) is 0.0240. The van der Waals surface area contributed by atoms with Crippen LogP contribution in [0.25, 0.3) is 0 Å². The zero-order valence-corrected chi connectivity index (χ0v) is 41.5. The van der Waals surface area contributed by atoms with Crippen LogP contribution in [-0.4, -0.2) is 145 Å². The van der Waals surface area contributed by atoms with Crippen LogP contribution in [-0.2, 0) is 47.9 Å². The predicted octanol–water partition coefficient (Wildman–Crippen LogP) is 0.236. The monoisotopic (exact) mass is 966 g/mol. The summed E-state index contributed by atoms with van der Waals surface area (Å²) >= 11 is 1.32. The normalized spacial score (nSPS) is 16.1. The Labute approximate surface area is 400 Å². The number of aliphatic imine (C=N–C) groups is 2. The van der Waals surface area contributed by atoms with Gasteiger partial charge in [-0.3, -0.25) is 53.1 Å². The van der Waals surface area contributed by atoms with Gasteiger partial charge in [0, 0.05) is 69.0 Å². The Morgan fingerprint density at radius 3 is 1.91 bits per heavy atom. The van der Waals surface area contributed by atoms with E-state index in [9.17, 15) is 43.2 Å². The van der Waals surface area contributed by atoms with Crippen molar-refractivity contribution in [2.45, 2.75) is 143 Å². The Balaban J connectivity index is 3.01. The summed E-state index contributed by atoms with van der Waals surface area (Å²) in [5, 5.41) is 11.1. The minimum Gasteiger partial charge on any atom is -0.374 e. The second-order valence-electron chi connectivity index (χ2n) is 17.7. The number of ether oxygens (including phenoxy) is 1. The van der Waals surface area contributed by atoms with Crippen LogP contribution in [0.2, 0.25) is 0 Å². The Morgan fingerprint density at radius 2 is 1.34 bits per heavy atom. The maximum atomic E-state index is 14.2. The third-order valence-electron chi connectivity index (χ3n) is 11.1. The van der Waals surface area contributed by atoms with E-state index in [1.165, 1.54) is 23.6 Å². The third kappa shape index (κ3) is 24.5. The standard InChI is InChI=1S/C45H79N11O10S/c1-8-31(13-9-17-50-44(46)47)41(63)53-33(15-10-18-51-45(48)49)43(65)56-19-11-16-36(56)42(64)54-34(21-27(2)3)37(59)23-29(5)40(62)55-35(26-67-7)38(60)22-28(4)39(61)52-24-32(58)14-12-20-66-25-30(6)57/h27-29,31,33-36H,8-26H2,1-7H3,(H,52,61)(H,53,63)(H,54,64)(H,55,62)(H4,46,47,50)(H4,48,49,51)/t28-,29?,31-,33-,34+,35+,36+/m1/s1. The van der Waals surface area contributed by atoms with E-state index in [1.807, 2.05) is 20.8 Å². The van der Waals surface area contributed by atoms with Crippen molar-refractivity contribution in [3.8, 4) is 0 Å². The molecule has 0 aromatic carbocycles. The third-order valence-corrected chi connectivity index (χ3v) is 11.8. The number of rotatable bonds is 35. The second kappa shape index (κ2) is 32.6. The molecule has 0 aromatic heterocycles. The molecule has 0 saturated carbocycles. The van der Waals surface area contributed by atoms with E-state index in [1.54, 1.807) is 20.1 Å². The number of ketones is 4. The summed E-state index contributed by atoms with van der Waals surface area (Å²) in [6, 6.07) is -3.82. The van der Waals surface area contributed by atoms with Gasteiger partial charge in [-0.15, -0.1) is 0 Å². The van der Waals surface area contributed by atoms with E-state index in [0.29, 0.717) is 51.5 Å². The molecule has 12 N–H and O–H groups in total. The van der Waals surface area contributed by atoms with Gasteiger partial charge in [-0.25, -0.2) is 0 Å². The number of amides is 5. The van der Waals surface area contributed by atoms with Gasteiger partial charge in [0.05, 0.1) is 18.6 Å². The molecule has 67 heavy (non-hydrogen) atoms. The van der Waals surface area contributed by atoms with Crippen LogP contribution in [0.3, 0.4) is 0 Å². The van der Waals surface area contributed by atoms with Crippen molar-refractivity contribution in [3.63, 3.8) is 0 Å². The van der Waals surface area contributed by atoms with Crippen LogP contribution in [0.4, 0.5) is 0 Å². The fourth-order valence-corrected chi connectivity index (χ4v) is 8.04. The van der Waals surface area contributed by atoms with Crippen molar-refractivity contribution < 1.29 is 47.9 Å². The fourth-order valence-electron chi connectivity index (χ4n) is 7.44. The van der Waals surface area contributed by atoms with Crippen LogP contribution in [0, 0.1) is 23.7 Å². The minimum absolute atomic E-state index is 0.0277. The molecule has 5 amide bonds. The number of likely N-dealkylation sites (tertiary alicyclic amines) is 1. The van der Waals surface area contributed by atoms with Gasteiger partial charge in [-0.05, 0) is 76.9 Å². The highest BCUT2D eigenvalue weighted by Crippen LogP contribution is 2.22. The maximum absolute atomic E-state index is 14.2. The van der Waals surface area contributed by atoms with Crippen LogP contribution in [0.15, 0.2) is 9.98 Å². The van der Waals surface area contributed by atoms with Crippen molar-refractivity contribution in [2.24, 2.45) is 56.6 Å². The summed E-state index contributed by atoms with van der Waals surface area (Å²) in [5.41, 5.74) is 21.8. The van der Waals surface area contributed by atoms with Gasteiger partial charge in [-0.1, -0.05) is 34.6 Å². The molecule has 380 valence electrons. The Hall–Kier alpha value is -5.12. The second-order valence-corrected chi connectivity index (χ2v) is 18.6. The first-order valence-electron chi connectivity index (χ1n) is 23.3. The number of hydrogen-bond donors (Lipinski definition) is 8. The van der Waals surface area contributed by atoms with Gasteiger partial charge in [-0.2, -0.15) is 11.8 Å². The zero-order valence-electron chi connectivity index (χ0n) is 40.7. The highest BCUT2D eigenvalue weighted by atomic mass is 32.2. The molecule has 1 aliphatic heterocycles. The highest BCUT2D eigenvalue weighted by Gasteiger charge is 2.39. The topological polar surface area (TPSA) is 343 Å². The van der Waals surface area contributed by atoms with Crippen LogP contribution in [0.5, 0.6) is 0 Å². The largest absolute Gasteiger partial charge is 0.374 e. The van der Waals surface area contributed by atoms with E-state index in [-0.39, 0.29) is 106 Å². The molecular weight excluding hydrogens is 887 g/mol. The summed E-state index contributed by atoms with van der Waals surface area (Å²) in [5.74, 6) is -5.53. The van der Waals surface area contributed by atoms with E-state index in [0.717, 1.165) is 0 Å². The van der Waals surface area contributed by atoms with E-state index < -0.39 is 77.1 Å². The number of nitrogens with zero attached hydrogens (tertiary/aromatic N) is 3. The lowest BCUT2D eigenvalue weighted by molar-refractivity contribution is -0.142. The molecule has 1 fully saturated rings. The molecule has 0 spiro atoms. The average molecular weight is 966 g/mol. The highest BCUT2D eigenvalue weighted by molar-refractivity contribution is 7.98. The van der Waals surface area contributed by atoms with Crippen molar-refractivity contribution >= 4 is 76.3 Å². The van der Waals surface area contributed by atoms with E-state index in [2.05, 4.69) is 31.3 Å². The number of nitrogens with two attached hydrogens (primary N) is 4. The first-order valence-corrected chi connectivity index (χ1v) is 24.7. The Morgan fingerprint density at radius 1 is 0.761 bits per heavy atom. The molecule has 1 unspecified atom stereocenters. The molecule has 22 heteroatoms. The summed E-state index contributed by atoms with van der Waals surface area (Å²) < 4.78 is 5.15. The van der Waals surface area contributed by atoms with Gasteiger partial charge in [0.15, 0.2) is 35.1 Å². The number of hydrogen-bond acceptors (Lipinski definition) is 13. The van der Waals surface area contributed by atoms with Crippen LogP contribution < -0.4 is 44.2 Å². The summed E-state index contributed by atoms with van der Waals surface area (Å²) in [6.07, 6.45) is 5.08. The van der Waals surface area contributed by atoms with Crippen molar-refractivity contribution in [3.05, 3.63) is 0 Å². The molecule has 0 bridgehead atoms. The number of Topliss-reactive ketones (excluding diaryl/α,β-unsaturated/α-hetero) is 4. The molecule has 0 aliphatic carbocycles. The number of thioether (sulfide) groups is 1. The summed E-state index contributed by atoms with van der Waals surface area (Å²) in [4.78, 5) is 128. The molecule has 21 nitrogen and oxygen atoms in total. The lowest BCUT2D eigenvalue weighted by Gasteiger charge is -2.31. The van der Waals surface area contributed by atoms with Crippen molar-refractivity contribution in [2.75, 3.05) is 51.4 Å². The average Bonchev–Trinajstić information content (AvgIpc) is 3.75.